The van der Waals surface area contributed by atoms with Gasteiger partial charge in [-0.1, -0.05) is 30.3 Å². The van der Waals surface area contributed by atoms with Gasteiger partial charge in [0.1, 0.15) is 11.6 Å². The largest absolute Gasteiger partial charge is 0.396 e. The molecule has 0 aliphatic carbocycles. The summed E-state index contributed by atoms with van der Waals surface area (Å²) >= 11 is 0. The van der Waals surface area contributed by atoms with Crippen molar-refractivity contribution in [2.45, 2.75) is 6.54 Å². The molecule has 0 aliphatic rings. The lowest BCUT2D eigenvalue weighted by Gasteiger charge is -2.07. The van der Waals surface area contributed by atoms with E-state index in [1.54, 1.807) is 54.9 Å². The molecule has 6 heteroatoms. The lowest BCUT2D eigenvalue weighted by atomic mass is 10.1. The molecule has 130 valence electrons. The molecule has 0 saturated carbocycles. The summed E-state index contributed by atoms with van der Waals surface area (Å²) in [5, 5.41) is 0. The number of allylic oxidation sites excluding steroid dienone is 1. The van der Waals surface area contributed by atoms with Gasteiger partial charge in [0, 0.05) is 23.5 Å². The first-order chi connectivity index (χ1) is 12.6. The second kappa shape index (κ2) is 8.11. The molecule has 0 radical (unpaired) electrons. The van der Waals surface area contributed by atoms with Crippen LogP contribution in [0.5, 0.6) is 0 Å². The third kappa shape index (κ3) is 4.16. The molecule has 0 fully saturated rings. The first-order valence-electron chi connectivity index (χ1n) is 7.92. The molecule has 1 aromatic heterocycles. The molecule has 0 saturated heterocycles. The number of nitrogens with two attached hydrogens (primary N) is 1. The number of nitrogens with zero attached hydrogens (tertiary/aromatic N) is 3. The summed E-state index contributed by atoms with van der Waals surface area (Å²) in [5.41, 5.74) is 7.24. The Hall–Kier alpha value is -3.41. The maximum Gasteiger partial charge on any atom is 0.175 e. The first kappa shape index (κ1) is 17.4. The number of rotatable bonds is 5. The van der Waals surface area contributed by atoms with Crippen LogP contribution in [0.15, 0.2) is 78.1 Å². The van der Waals surface area contributed by atoms with E-state index in [4.69, 9.17) is 5.73 Å². The van der Waals surface area contributed by atoms with Gasteiger partial charge >= 0.3 is 0 Å². The van der Waals surface area contributed by atoms with Crippen LogP contribution in [0.25, 0.3) is 5.70 Å². The SMILES string of the molecule is NC(=CC(=NCc1ccccc1F)c1ccccc1F)c1ncccn1. The first-order valence-corrected chi connectivity index (χ1v) is 7.92. The molecule has 0 unspecified atom stereocenters. The van der Waals surface area contributed by atoms with E-state index in [2.05, 4.69) is 15.0 Å². The fourth-order valence-corrected chi connectivity index (χ4v) is 2.33. The minimum absolute atomic E-state index is 0.0514. The van der Waals surface area contributed by atoms with Crippen LogP contribution < -0.4 is 5.73 Å². The van der Waals surface area contributed by atoms with E-state index in [9.17, 15) is 8.78 Å². The molecule has 2 aromatic carbocycles. The highest BCUT2D eigenvalue weighted by Crippen LogP contribution is 2.14. The van der Waals surface area contributed by atoms with Crippen LogP contribution in [0.2, 0.25) is 0 Å². The molecule has 0 spiro atoms. The lowest BCUT2D eigenvalue weighted by molar-refractivity contribution is 0.610. The molecule has 2 N–H and O–H groups in total. The van der Waals surface area contributed by atoms with Crippen molar-refractivity contribution in [2.75, 3.05) is 0 Å². The van der Waals surface area contributed by atoms with Crippen LogP contribution in [0.3, 0.4) is 0 Å². The van der Waals surface area contributed by atoms with Gasteiger partial charge in [-0.05, 0) is 30.3 Å². The zero-order chi connectivity index (χ0) is 18.4. The van der Waals surface area contributed by atoms with Gasteiger partial charge in [-0.3, -0.25) is 4.99 Å². The number of benzene rings is 2. The fourth-order valence-electron chi connectivity index (χ4n) is 2.33. The summed E-state index contributed by atoms with van der Waals surface area (Å²) in [5.74, 6) is -0.507. The van der Waals surface area contributed by atoms with Gasteiger partial charge in [0.2, 0.25) is 0 Å². The quantitative estimate of drug-likeness (QED) is 0.713. The van der Waals surface area contributed by atoms with Crippen molar-refractivity contribution in [3.63, 3.8) is 0 Å². The van der Waals surface area contributed by atoms with Crippen molar-refractivity contribution in [3.05, 3.63) is 102 Å². The highest BCUT2D eigenvalue weighted by atomic mass is 19.1. The lowest BCUT2D eigenvalue weighted by Crippen LogP contribution is -2.08. The Morgan fingerprint density at radius 2 is 1.58 bits per heavy atom. The maximum atomic E-state index is 14.2. The molecule has 0 amide bonds. The number of hydrogen-bond donors (Lipinski definition) is 1. The van der Waals surface area contributed by atoms with Gasteiger partial charge < -0.3 is 5.73 Å². The van der Waals surface area contributed by atoms with E-state index in [0.29, 0.717) is 11.4 Å². The maximum absolute atomic E-state index is 14.2. The van der Waals surface area contributed by atoms with Gasteiger partial charge in [-0.25, -0.2) is 18.7 Å². The molecule has 3 aromatic rings. The van der Waals surface area contributed by atoms with Crippen molar-refractivity contribution in [2.24, 2.45) is 10.7 Å². The van der Waals surface area contributed by atoms with Crippen LogP contribution in [-0.2, 0) is 6.54 Å². The minimum Gasteiger partial charge on any atom is -0.396 e. The van der Waals surface area contributed by atoms with Gasteiger partial charge in [0.25, 0.3) is 0 Å². The van der Waals surface area contributed by atoms with E-state index in [-0.39, 0.29) is 29.3 Å². The van der Waals surface area contributed by atoms with E-state index in [1.165, 1.54) is 18.2 Å². The van der Waals surface area contributed by atoms with Crippen LogP contribution in [0.4, 0.5) is 8.78 Å². The molecule has 26 heavy (non-hydrogen) atoms. The Kier molecular flexibility index (Phi) is 5.43. The third-order valence-corrected chi connectivity index (χ3v) is 3.64. The minimum atomic E-state index is -0.446. The molecule has 4 nitrogen and oxygen atoms in total. The zero-order valence-corrected chi connectivity index (χ0v) is 13.8. The van der Waals surface area contributed by atoms with Gasteiger partial charge in [0.15, 0.2) is 5.82 Å². The van der Waals surface area contributed by atoms with Gasteiger partial charge in [-0.2, -0.15) is 0 Å². The summed E-state index contributed by atoms with van der Waals surface area (Å²) in [6.07, 6.45) is 4.61. The summed E-state index contributed by atoms with van der Waals surface area (Å²) in [7, 11) is 0. The number of hydrogen-bond acceptors (Lipinski definition) is 4. The zero-order valence-electron chi connectivity index (χ0n) is 13.8. The van der Waals surface area contributed by atoms with Crippen LogP contribution >= 0.6 is 0 Å². The summed E-state index contributed by atoms with van der Waals surface area (Å²) in [4.78, 5) is 12.5. The number of aliphatic imine (C=N–C) groups is 1. The average Bonchev–Trinajstić information content (AvgIpc) is 2.67. The summed E-state index contributed by atoms with van der Waals surface area (Å²) in [6, 6.07) is 14.2. The smallest absolute Gasteiger partial charge is 0.175 e. The van der Waals surface area contributed by atoms with E-state index in [1.807, 2.05) is 0 Å². The van der Waals surface area contributed by atoms with Gasteiger partial charge in [-0.15, -0.1) is 0 Å². The topological polar surface area (TPSA) is 64.2 Å². The summed E-state index contributed by atoms with van der Waals surface area (Å²) in [6.45, 7) is 0.0514. The standard InChI is InChI=1S/C20H16F2N4/c21-16-8-3-1-6-14(16)13-26-19(15-7-2-4-9-17(15)22)12-18(23)20-24-10-5-11-25-20/h1-12H,13,23H2. The highest BCUT2D eigenvalue weighted by molar-refractivity contribution is 6.11. The van der Waals surface area contributed by atoms with E-state index >= 15 is 0 Å². The Balaban J connectivity index is 2.01. The molecule has 0 bridgehead atoms. The normalized spacial score (nSPS) is 12.2. The average molecular weight is 350 g/mol. The Morgan fingerprint density at radius 3 is 2.27 bits per heavy atom. The van der Waals surface area contributed by atoms with E-state index in [0.717, 1.165) is 0 Å². The molecular weight excluding hydrogens is 334 g/mol. The third-order valence-electron chi connectivity index (χ3n) is 3.64. The van der Waals surface area contributed by atoms with Crippen LogP contribution in [0.1, 0.15) is 17.0 Å². The second-order valence-corrected chi connectivity index (χ2v) is 5.44. The van der Waals surface area contributed by atoms with Crippen molar-refractivity contribution in [1.29, 1.82) is 0 Å². The molecule has 1 heterocycles. The van der Waals surface area contributed by atoms with Crippen molar-refractivity contribution in [3.8, 4) is 0 Å². The second-order valence-electron chi connectivity index (χ2n) is 5.44. The molecular formula is C20H16F2N4. The molecule has 0 atom stereocenters. The number of aromatic nitrogens is 2. The van der Waals surface area contributed by atoms with Crippen molar-refractivity contribution < 1.29 is 8.78 Å². The van der Waals surface area contributed by atoms with Crippen molar-refractivity contribution in [1.82, 2.24) is 9.97 Å². The van der Waals surface area contributed by atoms with Crippen molar-refractivity contribution >= 4 is 11.4 Å². The van der Waals surface area contributed by atoms with Gasteiger partial charge in [0.05, 0.1) is 18.0 Å². The Morgan fingerprint density at radius 1 is 0.923 bits per heavy atom. The number of halogens is 2. The predicted molar refractivity (Wildman–Crippen MR) is 97.2 cm³/mol. The van der Waals surface area contributed by atoms with Crippen LogP contribution in [-0.4, -0.2) is 15.7 Å². The van der Waals surface area contributed by atoms with Crippen LogP contribution in [0, 0.1) is 11.6 Å². The Labute approximate surface area is 149 Å². The highest BCUT2D eigenvalue weighted by Gasteiger charge is 2.10. The summed E-state index contributed by atoms with van der Waals surface area (Å²) < 4.78 is 28.1. The monoisotopic (exact) mass is 350 g/mol. The fraction of sp³-hybridized carbons (Fsp3) is 0.0500. The molecule has 0 aliphatic heterocycles. The molecule has 3 rings (SSSR count). The predicted octanol–water partition coefficient (Wildman–Crippen LogP) is 3.74. The van der Waals surface area contributed by atoms with E-state index < -0.39 is 5.82 Å². The Bertz CT molecular complexity index is 953.